The quantitative estimate of drug-likeness (QED) is 0.445. The highest BCUT2D eigenvalue weighted by molar-refractivity contribution is 6.88. The molecule has 1 aromatic carbocycles. The summed E-state index contributed by atoms with van der Waals surface area (Å²) in [6.07, 6.45) is 12.1. The van der Waals surface area contributed by atoms with Gasteiger partial charge in [0.2, 0.25) is 5.35 Å². The Hall–Kier alpha value is -2.06. The Balaban J connectivity index is 2.52. The fourth-order valence-corrected chi connectivity index (χ4v) is 5.54. The van der Waals surface area contributed by atoms with Gasteiger partial charge in [-0.1, -0.05) is 44.3 Å². The summed E-state index contributed by atoms with van der Waals surface area (Å²) in [6.45, 7) is 18.5. The fourth-order valence-electron chi connectivity index (χ4n) is 3.85. The van der Waals surface area contributed by atoms with E-state index in [0.29, 0.717) is 5.92 Å². The Bertz CT molecular complexity index is 1070. The van der Waals surface area contributed by atoms with Gasteiger partial charge in [-0.3, -0.25) is 0 Å². The van der Waals surface area contributed by atoms with E-state index in [9.17, 15) is 0 Å². The third-order valence-electron chi connectivity index (χ3n) is 5.08. The zero-order valence-corrected chi connectivity index (χ0v) is 18.1. The van der Waals surface area contributed by atoms with Crippen LogP contribution in [0.25, 0.3) is 6.08 Å². The van der Waals surface area contributed by atoms with Gasteiger partial charge in [-0.25, -0.2) is 0 Å². The molecule has 1 nitrogen and oxygen atoms in total. The van der Waals surface area contributed by atoms with Crippen molar-refractivity contribution in [1.82, 2.24) is 0 Å². The highest BCUT2D eigenvalue weighted by Gasteiger charge is 2.24. The van der Waals surface area contributed by atoms with E-state index in [1.807, 2.05) is 0 Å². The summed E-state index contributed by atoms with van der Waals surface area (Å²) in [5.74, 6) is 0.646. The van der Waals surface area contributed by atoms with Crippen molar-refractivity contribution in [2.45, 2.75) is 46.8 Å². The van der Waals surface area contributed by atoms with Crippen molar-refractivity contribution >= 4 is 19.3 Å². The predicted octanol–water partition coefficient (Wildman–Crippen LogP) is 3.86. The number of hydrogen-bond acceptors (Lipinski definition) is 0. The molecule has 0 radical (unpaired) electrons. The van der Waals surface area contributed by atoms with E-state index in [4.69, 9.17) is 0 Å². The molecule has 0 saturated carbocycles. The van der Waals surface area contributed by atoms with Crippen LogP contribution in [0.2, 0.25) is 19.6 Å². The molecule has 0 bridgehead atoms. The molecule has 2 aromatic rings. The first kappa shape index (κ1) is 18.7. The Kier molecular flexibility index (Phi) is 4.98. The molecule has 3 rings (SSSR count). The van der Waals surface area contributed by atoms with E-state index >= 15 is 0 Å². The van der Waals surface area contributed by atoms with Crippen LogP contribution >= 0.6 is 0 Å². The Morgan fingerprint density at radius 1 is 1.19 bits per heavy atom. The highest BCUT2D eigenvalue weighted by atomic mass is 28.3. The van der Waals surface area contributed by atoms with E-state index < -0.39 is 8.07 Å². The van der Waals surface area contributed by atoms with Crippen LogP contribution < -0.4 is 14.6 Å². The van der Waals surface area contributed by atoms with Crippen LogP contribution in [-0.4, -0.2) is 8.07 Å². The molecule has 26 heavy (non-hydrogen) atoms. The predicted molar refractivity (Wildman–Crippen MR) is 114 cm³/mol. The lowest BCUT2D eigenvalue weighted by molar-refractivity contribution is -0.509. The van der Waals surface area contributed by atoms with Crippen molar-refractivity contribution in [3.63, 3.8) is 0 Å². The average Bonchev–Trinajstić information content (AvgIpc) is 2.55. The molecular formula is C24H31NSi. The first-order chi connectivity index (χ1) is 12.2. The number of rotatable bonds is 3. The lowest BCUT2D eigenvalue weighted by atomic mass is 9.98. The van der Waals surface area contributed by atoms with Gasteiger partial charge < -0.3 is 0 Å². The van der Waals surface area contributed by atoms with Crippen molar-refractivity contribution in [2.24, 2.45) is 5.92 Å². The number of aryl methyl sites for hydroxylation is 1. The van der Waals surface area contributed by atoms with Crippen molar-refractivity contribution in [2.75, 3.05) is 0 Å². The number of benzene rings is 1. The molecule has 0 amide bonds. The molecule has 0 unspecified atom stereocenters. The maximum atomic E-state index is 4.38. The van der Waals surface area contributed by atoms with Crippen LogP contribution in [0.5, 0.6) is 0 Å². The largest absolute Gasteiger partial charge is 0.209 e. The van der Waals surface area contributed by atoms with Crippen LogP contribution in [0.4, 0.5) is 0 Å². The number of fused-ring (bicyclic) bond motifs is 1. The Labute approximate surface area is 158 Å². The third kappa shape index (κ3) is 3.56. The van der Waals surface area contributed by atoms with Gasteiger partial charge in [-0.15, -0.1) is 42.3 Å². The van der Waals surface area contributed by atoms with Gasteiger partial charge in [-0.05, 0) is 24.8 Å². The molecule has 1 aliphatic carbocycles. The summed E-state index contributed by atoms with van der Waals surface area (Å²) in [5, 5.41) is 5.37. The SMILES string of the molecule is C=[n+]1cc([Si](C)(C)C)c(CC(C)C)cc1=c1c(C)ccc2c1=CC=C[CH-]2. The molecule has 0 aliphatic heterocycles. The molecule has 0 saturated heterocycles. The van der Waals surface area contributed by atoms with Crippen LogP contribution in [0.1, 0.15) is 30.5 Å². The number of allylic oxidation sites excluding steroid dienone is 2. The van der Waals surface area contributed by atoms with E-state index in [0.717, 1.165) is 6.42 Å². The molecule has 1 heterocycles. The number of pyridine rings is 1. The second-order valence-corrected chi connectivity index (χ2v) is 13.9. The van der Waals surface area contributed by atoms with Crippen molar-refractivity contribution in [3.05, 3.63) is 82.2 Å². The highest BCUT2D eigenvalue weighted by Crippen LogP contribution is 2.12. The summed E-state index contributed by atoms with van der Waals surface area (Å²) in [5.41, 5.74) is 4.09. The van der Waals surface area contributed by atoms with Gasteiger partial charge in [0.1, 0.15) is 6.72 Å². The van der Waals surface area contributed by atoms with E-state index in [1.54, 1.807) is 0 Å². The Morgan fingerprint density at radius 2 is 1.92 bits per heavy atom. The van der Waals surface area contributed by atoms with Gasteiger partial charge in [0.25, 0.3) is 0 Å². The van der Waals surface area contributed by atoms with Crippen LogP contribution in [0.3, 0.4) is 0 Å². The van der Waals surface area contributed by atoms with E-state index in [2.05, 4.69) is 100 Å². The molecule has 1 aromatic heterocycles. The van der Waals surface area contributed by atoms with Gasteiger partial charge in [0.15, 0.2) is 6.20 Å². The lowest BCUT2D eigenvalue weighted by Crippen LogP contribution is -2.44. The smallest absolute Gasteiger partial charge is 0.174 e. The van der Waals surface area contributed by atoms with Gasteiger partial charge in [-0.2, -0.15) is 4.24 Å². The fraction of sp³-hybridized carbons (Fsp3) is 0.333. The minimum atomic E-state index is -1.43. The zero-order valence-electron chi connectivity index (χ0n) is 17.1. The molecule has 0 N–H and O–H groups in total. The monoisotopic (exact) mass is 361 g/mol. The van der Waals surface area contributed by atoms with E-state index in [-0.39, 0.29) is 0 Å². The molecule has 2 heteroatoms. The minimum Gasteiger partial charge on any atom is -0.174 e. The molecule has 0 atom stereocenters. The summed E-state index contributed by atoms with van der Waals surface area (Å²) in [6, 6.07) is 6.86. The summed E-state index contributed by atoms with van der Waals surface area (Å²) in [4.78, 5) is 0. The van der Waals surface area contributed by atoms with Crippen LogP contribution in [0.15, 0.2) is 36.5 Å². The van der Waals surface area contributed by atoms with Gasteiger partial charge in [0, 0.05) is 16.5 Å². The molecule has 0 fully saturated rings. The standard InChI is InChI=1S/C24H31NSi/c1-17(2)14-20-15-22(25(4)16-23(20)26(5,6)7)24-18(3)12-13-19-10-8-9-11-21(19)24/h8-13,15-17H,4,14H2,1-3,5-7H3. The van der Waals surface area contributed by atoms with Crippen molar-refractivity contribution in [1.29, 1.82) is 0 Å². The van der Waals surface area contributed by atoms with Crippen LogP contribution in [-0.2, 0) is 6.42 Å². The number of aromatic nitrogens is 1. The minimum absolute atomic E-state index is 0.646. The Morgan fingerprint density at radius 3 is 2.58 bits per heavy atom. The normalized spacial score (nSPS) is 14.7. The van der Waals surface area contributed by atoms with Gasteiger partial charge >= 0.3 is 0 Å². The second kappa shape index (κ2) is 6.92. The second-order valence-electron chi connectivity index (χ2n) is 8.89. The zero-order chi connectivity index (χ0) is 19.1. The maximum absolute atomic E-state index is 4.38. The van der Waals surface area contributed by atoms with E-state index in [1.165, 1.54) is 37.7 Å². The first-order valence-corrected chi connectivity index (χ1v) is 13.1. The molecule has 136 valence electrons. The topological polar surface area (TPSA) is 5.90 Å². The first-order valence-electron chi connectivity index (χ1n) is 9.57. The number of hydrogen-bond donors (Lipinski definition) is 0. The third-order valence-corrected chi connectivity index (χ3v) is 7.15. The molecule has 1 aliphatic rings. The summed E-state index contributed by atoms with van der Waals surface area (Å²) < 4.78 is 2.10. The summed E-state index contributed by atoms with van der Waals surface area (Å²) in [7, 11) is -1.43. The lowest BCUT2D eigenvalue weighted by Gasteiger charge is -2.20. The summed E-state index contributed by atoms with van der Waals surface area (Å²) >= 11 is 0. The van der Waals surface area contributed by atoms with Crippen molar-refractivity contribution in [3.8, 4) is 0 Å². The molecule has 0 spiro atoms. The van der Waals surface area contributed by atoms with Crippen LogP contribution in [0, 0.1) is 36.5 Å². The van der Waals surface area contributed by atoms with Crippen molar-refractivity contribution < 1.29 is 4.24 Å². The maximum Gasteiger partial charge on any atom is 0.209 e. The average molecular weight is 362 g/mol. The molecular weight excluding hydrogens is 330 g/mol. The number of nitrogens with zero attached hydrogens (tertiary/aromatic N) is 1. The van der Waals surface area contributed by atoms with Gasteiger partial charge in [0.05, 0.1) is 8.07 Å².